The van der Waals surface area contributed by atoms with Crippen molar-refractivity contribution in [2.75, 3.05) is 12.3 Å². The standard InChI is InChI=1S/C20H27N5OS/c1-14-7-5-8-15(2)19(14)25-20(21-22-23-25)27-13-18(26)24-12-6-10-16-9-3-4-11-17(16)24/h5,7-8,16-17H,3-4,6,9-13H2,1-2H3. The normalized spacial score (nSPS) is 22.5. The van der Waals surface area contributed by atoms with E-state index < -0.39 is 0 Å². The predicted molar refractivity (Wildman–Crippen MR) is 106 cm³/mol. The topological polar surface area (TPSA) is 63.9 Å². The van der Waals surface area contributed by atoms with Crippen LogP contribution in [0.1, 0.15) is 49.7 Å². The van der Waals surface area contributed by atoms with E-state index in [-0.39, 0.29) is 5.91 Å². The van der Waals surface area contributed by atoms with Gasteiger partial charge in [-0.3, -0.25) is 4.79 Å². The van der Waals surface area contributed by atoms with E-state index in [4.69, 9.17) is 0 Å². The Morgan fingerprint density at radius 3 is 2.70 bits per heavy atom. The summed E-state index contributed by atoms with van der Waals surface area (Å²) in [5.41, 5.74) is 3.25. The lowest BCUT2D eigenvalue weighted by Crippen LogP contribution is -2.50. The maximum Gasteiger partial charge on any atom is 0.233 e. The molecule has 27 heavy (non-hydrogen) atoms. The molecule has 2 heterocycles. The van der Waals surface area contributed by atoms with E-state index in [1.165, 1.54) is 43.9 Å². The quantitative estimate of drug-likeness (QED) is 0.753. The second kappa shape index (κ2) is 8.00. The minimum Gasteiger partial charge on any atom is -0.339 e. The fourth-order valence-electron chi connectivity index (χ4n) is 4.69. The molecule has 1 aliphatic carbocycles. The Morgan fingerprint density at radius 1 is 1.15 bits per heavy atom. The predicted octanol–water partition coefficient (Wildman–Crippen LogP) is 3.55. The van der Waals surface area contributed by atoms with Crippen LogP contribution in [0.15, 0.2) is 23.4 Å². The molecule has 1 amide bonds. The van der Waals surface area contributed by atoms with Gasteiger partial charge in [0.15, 0.2) is 0 Å². The maximum absolute atomic E-state index is 13.0. The van der Waals surface area contributed by atoms with E-state index in [9.17, 15) is 4.79 Å². The first-order valence-corrected chi connectivity index (χ1v) is 10.9. The Morgan fingerprint density at radius 2 is 1.89 bits per heavy atom. The number of para-hydroxylation sites is 1. The number of tetrazole rings is 1. The molecular formula is C20H27N5OS. The first-order valence-electron chi connectivity index (χ1n) is 9.92. The minimum atomic E-state index is 0.229. The molecule has 1 saturated heterocycles. The lowest BCUT2D eigenvalue weighted by atomic mass is 9.78. The lowest BCUT2D eigenvalue weighted by molar-refractivity contribution is -0.134. The number of piperidine rings is 1. The van der Waals surface area contributed by atoms with Crippen LogP contribution in [0.25, 0.3) is 5.69 Å². The van der Waals surface area contributed by atoms with Gasteiger partial charge in [0.05, 0.1) is 11.4 Å². The fourth-order valence-corrected chi connectivity index (χ4v) is 5.46. The van der Waals surface area contributed by atoms with Crippen LogP contribution in [-0.2, 0) is 4.79 Å². The minimum absolute atomic E-state index is 0.229. The highest BCUT2D eigenvalue weighted by Crippen LogP contribution is 2.35. The number of thioether (sulfide) groups is 1. The molecule has 6 nitrogen and oxygen atoms in total. The molecule has 1 aliphatic heterocycles. The second-order valence-corrected chi connectivity index (χ2v) is 8.69. The zero-order valence-electron chi connectivity index (χ0n) is 16.1. The highest BCUT2D eigenvalue weighted by atomic mass is 32.2. The van der Waals surface area contributed by atoms with E-state index in [0.717, 1.165) is 29.8 Å². The van der Waals surface area contributed by atoms with Crippen molar-refractivity contribution in [3.05, 3.63) is 29.3 Å². The van der Waals surface area contributed by atoms with Gasteiger partial charge in [0.25, 0.3) is 0 Å². The summed E-state index contributed by atoms with van der Waals surface area (Å²) in [7, 11) is 0. The van der Waals surface area contributed by atoms with Gasteiger partial charge in [0.1, 0.15) is 0 Å². The third kappa shape index (κ3) is 3.74. The van der Waals surface area contributed by atoms with E-state index in [0.29, 0.717) is 22.9 Å². The molecule has 2 unspecified atom stereocenters. The van der Waals surface area contributed by atoms with Crippen molar-refractivity contribution >= 4 is 17.7 Å². The largest absolute Gasteiger partial charge is 0.339 e. The zero-order chi connectivity index (χ0) is 18.8. The molecular weight excluding hydrogens is 358 g/mol. The van der Waals surface area contributed by atoms with Crippen LogP contribution < -0.4 is 0 Å². The average molecular weight is 386 g/mol. The summed E-state index contributed by atoms with van der Waals surface area (Å²) in [5, 5.41) is 12.9. The molecule has 1 aromatic heterocycles. The van der Waals surface area contributed by atoms with Crippen molar-refractivity contribution in [2.45, 2.75) is 63.6 Å². The van der Waals surface area contributed by atoms with Crippen molar-refractivity contribution in [2.24, 2.45) is 5.92 Å². The van der Waals surface area contributed by atoms with Crippen LogP contribution in [0.2, 0.25) is 0 Å². The maximum atomic E-state index is 13.0. The summed E-state index contributed by atoms with van der Waals surface area (Å²) in [6.07, 6.45) is 7.45. The van der Waals surface area contributed by atoms with Gasteiger partial charge in [-0.25, -0.2) is 0 Å². The summed E-state index contributed by atoms with van der Waals surface area (Å²) < 4.78 is 1.77. The van der Waals surface area contributed by atoms with Gasteiger partial charge in [-0.1, -0.05) is 42.8 Å². The van der Waals surface area contributed by atoms with Crippen LogP contribution in [0.4, 0.5) is 0 Å². The number of aromatic nitrogens is 4. The van der Waals surface area contributed by atoms with Gasteiger partial charge in [-0.05, 0) is 67.0 Å². The van der Waals surface area contributed by atoms with Gasteiger partial charge in [0.2, 0.25) is 11.1 Å². The summed E-state index contributed by atoms with van der Waals surface area (Å²) in [5.74, 6) is 1.34. The number of amides is 1. The van der Waals surface area contributed by atoms with Crippen molar-refractivity contribution < 1.29 is 4.79 Å². The van der Waals surface area contributed by atoms with Crippen molar-refractivity contribution in [3.8, 4) is 5.69 Å². The molecule has 144 valence electrons. The SMILES string of the molecule is Cc1cccc(C)c1-n1nnnc1SCC(=O)N1CCCC2CCCCC21. The summed E-state index contributed by atoms with van der Waals surface area (Å²) in [6, 6.07) is 6.60. The smallest absolute Gasteiger partial charge is 0.233 e. The molecule has 4 rings (SSSR count). The Balaban J connectivity index is 1.47. The average Bonchev–Trinajstić information content (AvgIpc) is 3.13. The Bertz CT molecular complexity index is 798. The molecule has 7 heteroatoms. The number of benzene rings is 1. The highest BCUT2D eigenvalue weighted by Gasteiger charge is 2.35. The van der Waals surface area contributed by atoms with Crippen LogP contribution in [-0.4, -0.2) is 49.4 Å². The molecule has 0 bridgehead atoms. The third-order valence-corrected chi connectivity index (χ3v) is 6.88. The summed E-state index contributed by atoms with van der Waals surface area (Å²) in [6.45, 7) is 5.02. The van der Waals surface area contributed by atoms with E-state index in [2.05, 4.69) is 46.4 Å². The highest BCUT2D eigenvalue weighted by molar-refractivity contribution is 7.99. The molecule has 1 aromatic carbocycles. The van der Waals surface area contributed by atoms with Gasteiger partial charge >= 0.3 is 0 Å². The molecule has 2 aromatic rings. The number of rotatable bonds is 4. The number of carbonyl (C=O) groups excluding carboxylic acids is 1. The number of hydrogen-bond acceptors (Lipinski definition) is 5. The van der Waals surface area contributed by atoms with Crippen LogP contribution in [0.5, 0.6) is 0 Å². The Hall–Kier alpha value is -1.89. The van der Waals surface area contributed by atoms with Gasteiger partial charge in [-0.2, -0.15) is 4.68 Å². The van der Waals surface area contributed by atoms with Crippen LogP contribution >= 0.6 is 11.8 Å². The lowest BCUT2D eigenvalue weighted by Gasteiger charge is -2.44. The van der Waals surface area contributed by atoms with E-state index in [1.54, 1.807) is 4.68 Å². The third-order valence-electron chi connectivity index (χ3n) is 5.98. The number of fused-ring (bicyclic) bond motifs is 1. The first-order chi connectivity index (χ1) is 13.1. The zero-order valence-corrected chi connectivity index (χ0v) is 16.9. The number of hydrogen-bond donors (Lipinski definition) is 0. The molecule has 2 atom stereocenters. The van der Waals surface area contributed by atoms with Gasteiger partial charge in [0, 0.05) is 12.6 Å². The Labute approximate surface area is 164 Å². The van der Waals surface area contributed by atoms with E-state index in [1.807, 2.05) is 6.07 Å². The Kier molecular flexibility index (Phi) is 5.48. The van der Waals surface area contributed by atoms with Gasteiger partial charge < -0.3 is 4.90 Å². The molecule has 0 radical (unpaired) electrons. The van der Waals surface area contributed by atoms with Crippen molar-refractivity contribution in [1.82, 2.24) is 25.1 Å². The first kappa shape index (κ1) is 18.5. The molecule has 0 N–H and O–H groups in total. The molecule has 2 aliphatic rings. The van der Waals surface area contributed by atoms with Crippen molar-refractivity contribution in [3.63, 3.8) is 0 Å². The number of aryl methyl sites for hydroxylation is 2. The van der Waals surface area contributed by atoms with Crippen molar-refractivity contribution in [1.29, 1.82) is 0 Å². The van der Waals surface area contributed by atoms with E-state index >= 15 is 0 Å². The molecule has 1 saturated carbocycles. The number of carbonyl (C=O) groups is 1. The van der Waals surface area contributed by atoms with Crippen LogP contribution in [0.3, 0.4) is 0 Å². The van der Waals surface area contributed by atoms with Gasteiger partial charge in [-0.15, -0.1) is 5.10 Å². The van der Waals surface area contributed by atoms with Crippen LogP contribution in [0, 0.1) is 19.8 Å². The molecule has 2 fully saturated rings. The summed E-state index contributed by atoms with van der Waals surface area (Å²) in [4.78, 5) is 15.1. The monoisotopic (exact) mass is 385 g/mol. The number of likely N-dealkylation sites (tertiary alicyclic amines) is 1. The summed E-state index contributed by atoms with van der Waals surface area (Å²) >= 11 is 1.44. The molecule has 0 spiro atoms. The number of nitrogens with zero attached hydrogens (tertiary/aromatic N) is 5. The fraction of sp³-hybridized carbons (Fsp3) is 0.600. The second-order valence-electron chi connectivity index (χ2n) is 7.74.